The molecule has 2 aromatic rings. The Morgan fingerprint density at radius 1 is 1.03 bits per heavy atom. The molecule has 1 N–H and O–H groups in total. The van der Waals surface area contributed by atoms with Crippen LogP contribution in [0, 0.1) is 5.82 Å². The van der Waals surface area contributed by atoms with Gasteiger partial charge in [-0.15, -0.1) is 0 Å². The van der Waals surface area contributed by atoms with Gasteiger partial charge in [0.2, 0.25) is 20.0 Å². The highest BCUT2D eigenvalue weighted by molar-refractivity contribution is 7.89. The topological polar surface area (TPSA) is 113 Å². The van der Waals surface area contributed by atoms with Crippen molar-refractivity contribution < 1.29 is 30.8 Å². The number of morpholine rings is 1. The first kappa shape index (κ1) is 23.3. The third-order valence-corrected chi connectivity index (χ3v) is 8.37. The molecule has 0 bridgehead atoms. The SMILES string of the molecule is CN(C)S(=O)(=O)c1cccc(NC(=O)c2cc(S(=O)(=O)N3CCOCC3)ccc2F)c1. The van der Waals surface area contributed by atoms with Crippen molar-refractivity contribution in [3.05, 3.63) is 53.8 Å². The van der Waals surface area contributed by atoms with Gasteiger partial charge in [-0.3, -0.25) is 4.79 Å². The fourth-order valence-electron chi connectivity index (χ4n) is 2.92. The number of rotatable bonds is 6. The van der Waals surface area contributed by atoms with Crippen molar-refractivity contribution >= 4 is 31.6 Å². The van der Waals surface area contributed by atoms with E-state index < -0.39 is 37.3 Å². The second-order valence-electron chi connectivity index (χ2n) is 6.93. The number of benzene rings is 2. The summed E-state index contributed by atoms with van der Waals surface area (Å²) in [5, 5.41) is 2.42. The molecule has 12 heteroatoms. The van der Waals surface area contributed by atoms with Crippen LogP contribution in [0.5, 0.6) is 0 Å². The lowest BCUT2D eigenvalue weighted by molar-refractivity contribution is 0.0730. The normalized spacial score (nSPS) is 15.7. The first-order chi connectivity index (χ1) is 14.5. The van der Waals surface area contributed by atoms with E-state index in [-0.39, 0.29) is 41.8 Å². The number of sulfonamides is 2. The lowest BCUT2D eigenvalue weighted by Gasteiger charge is -2.26. The number of hydrogen-bond acceptors (Lipinski definition) is 6. The number of amides is 1. The van der Waals surface area contributed by atoms with Gasteiger partial charge in [0.15, 0.2) is 0 Å². The van der Waals surface area contributed by atoms with E-state index in [4.69, 9.17) is 4.74 Å². The Morgan fingerprint density at radius 3 is 2.35 bits per heavy atom. The highest BCUT2D eigenvalue weighted by Gasteiger charge is 2.28. The molecule has 1 aliphatic rings. The molecule has 0 radical (unpaired) electrons. The zero-order chi connectivity index (χ0) is 22.8. The molecule has 0 aliphatic carbocycles. The first-order valence-electron chi connectivity index (χ1n) is 9.25. The van der Waals surface area contributed by atoms with Crippen LogP contribution in [0.4, 0.5) is 10.1 Å². The molecule has 168 valence electrons. The van der Waals surface area contributed by atoms with Gasteiger partial charge in [-0.25, -0.2) is 25.5 Å². The molecule has 1 aliphatic heterocycles. The van der Waals surface area contributed by atoms with Crippen LogP contribution < -0.4 is 5.32 Å². The molecule has 9 nitrogen and oxygen atoms in total. The van der Waals surface area contributed by atoms with Gasteiger partial charge in [0.1, 0.15) is 5.82 Å². The van der Waals surface area contributed by atoms with Crippen molar-refractivity contribution in [2.24, 2.45) is 0 Å². The molecule has 0 unspecified atom stereocenters. The minimum atomic E-state index is -3.92. The third-order valence-electron chi connectivity index (χ3n) is 4.66. The molecule has 1 heterocycles. The summed E-state index contributed by atoms with van der Waals surface area (Å²) >= 11 is 0. The summed E-state index contributed by atoms with van der Waals surface area (Å²) in [4.78, 5) is 12.4. The fraction of sp³-hybridized carbons (Fsp3) is 0.316. The minimum Gasteiger partial charge on any atom is -0.379 e. The Hall–Kier alpha value is -2.38. The quantitative estimate of drug-likeness (QED) is 0.681. The van der Waals surface area contributed by atoms with E-state index in [2.05, 4.69) is 5.32 Å². The molecule has 1 fully saturated rings. The largest absolute Gasteiger partial charge is 0.379 e. The lowest BCUT2D eigenvalue weighted by atomic mass is 10.2. The van der Waals surface area contributed by atoms with Crippen molar-refractivity contribution in [3.8, 4) is 0 Å². The zero-order valence-electron chi connectivity index (χ0n) is 16.9. The Labute approximate surface area is 180 Å². The van der Waals surface area contributed by atoms with E-state index in [1.165, 1.54) is 42.7 Å². The molecule has 31 heavy (non-hydrogen) atoms. The third kappa shape index (κ3) is 4.93. The van der Waals surface area contributed by atoms with Crippen molar-refractivity contribution in [2.75, 3.05) is 45.7 Å². The summed E-state index contributed by atoms with van der Waals surface area (Å²) in [5.74, 6) is -1.81. The standard InChI is InChI=1S/C19H22FN3O6S2/c1-22(2)30(25,26)15-5-3-4-14(12-15)21-19(24)17-13-16(6-7-18(17)20)31(27,28)23-8-10-29-11-9-23/h3-7,12-13H,8-11H2,1-2H3,(H,21,24). The Bertz CT molecular complexity index is 1190. The second-order valence-corrected chi connectivity index (χ2v) is 11.0. The number of nitrogens with zero attached hydrogens (tertiary/aromatic N) is 2. The van der Waals surface area contributed by atoms with Crippen LogP contribution in [0.15, 0.2) is 52.3 Å². The zero-order valence-corrected chi connectivity index (χ0v) is 18.5. The van der Waals surface area contributed by atoms with E-state index in [9.17, 15) is 26.0 Å². The number of carbonyl (C=O) groups excluding carboxylic acids is 1. The number of hydrogen-bond donors (Lipinski definition) is 1. The molecule has 1 amide bonds. The number of halogens is 1. The van der Waals surface area contributed by atoms with Gasteiger partial charge in [-0.05, 0) is 36.4 Å². The summed E-state index contributed by atoms with van der Waals surface area (Å²) in [6, 6.07) is 8.45. The molecule has 0 aromatic heterocycles. The highest BCUT2D eigenvalue weighted by Crippen LogP contribution is 2.22. The molecule has 0 saturated carbocycles. The molecule has 2 aromatic carbocycles. The average molecular weight is 472 g/mol. The van der Waals surface area contributed by atoms with Crippen LogP contribution in [0.3, 0.4) is 0 Å². The fourth-order valence-corrected chi connectivity index (χ4v) is 5.30. The number of carbonyl (C=O) groups is 1. The van der Waals surface area contributed by atoms with Gasteiger partial charge in [0.05, 0.1) is 28.6 Å². The maximum absolute atomic E-state index is 14.3. The van der Waals surface area contributed by atoms with Crippen molar-refractivity contribution in [1.29, 1.82) is 0 Å². The van der Waals surface area contributed by atoms with Crippen LogP contribution >= 0.6 is 0 Å². The summed E-state index contributed by atoms with van der Waals surface area (Å²) in [5.41, 5.74) is -0.357. The van der Waals surface area contributed by atoms with E-state index in [1.54, 1.807) is 0 Å². The van der Waals surface area contributed by atoms with Gasteiger partial charge in [0, 0.05) is 32.9 Å². The number of anilines is 1. The molecule has 3 rings (SSSR count). The molecular formula is C19H22FN3O6S2. The molecule has 0 atom stereocenters. The Kier molecular flexibility index (Phi) is 6.76. The van der Waals surface area contributed by atoms with Gasteiger partial charge in [-0.1, -0.05) is 6.07 Å². The Balaban J connectivity index is 1.89. The first-order valence-corrected chi connectivity index (χ1v) is 12.1. The maximum Gasteiger partial charge on any atom is 0.258 e. The minimum absolute atomic E-state index is 0.0561. The molecule has 0 spiro atoms. The van der Waals surface area contributed by atoms with Gasteiger partial charge in [0.25, 0.3) is 5.91 Å². The van der Waals surface area contributed by atoms with Gasteiger partial charge < -0.3 is 10.1 Å². The van der Waals surface area contributed by atoms with Crippen LogP contribution in [0.1, 0.15) is 10.4 Å². The van der Waals surface area contributed by atoms with E-state index in [1.807, 2.05) is 0 Å². The van der Waals surface area contributed by atoms with E-state index in [0.29, 0.717) is 0 Å². The lowest BCUT2D eigenvalue weighted by Crippen LogP contribution is -2.40. The van der Waals surface area contributed by atoms with E-state index in [0.717, 1.165) is 22.5 Å². The molecule has 1 saturated heterocycles. The predicted molar refractivity (Wildman–Crippen MR) is 111 cm³/mol. The van der Waals surface area contributed by atoms with Crippen molar-refractivity contribution in [1.82, 2.24) is 8.61 Å². The van der Waals surface area contributed by atoms with Crippen LogP contribution in [0.2, 0.25) is 0 Å². The highest BCUT2D eigenvalue weighted by atomic mass is 32.2. The van der Waals surface area contributed by atoms with Crippen molar-refractivity contribution in [2.45, 2.75) is 9.79 Å². The number of ether oxygens (including phenoxy) is 1. The smallest absolute Gasteiger partial charge is 0.258 e. The van der Waals surface area contributed by atoms with Crippen LogP contribution in [-0.4, -0.2) is 71.8 Å². The van der Waals surface area contributed by atoms with Gasteiger partial charge >= 0.3 is 0 Å². The monoisotopic (exact) mass is 471 g/mol. The maximum atomic E-state index is 14.3. The predicted octanol–water partition coefficient (Wildman–Crippen LogP) is 1.35. The Morgan fingerprint density at radius 2 is 1.71 bits per heavy atom. The summed E-state index contributed by atoms with van der Waals surface area (Å²) in [6.07, 6.45) is 0. The number of nitrogens with one attached hydrogen (secondary N) is 1. The van der Waals surface area contributed by atoms with Crippen LogP contribution in [-0.2, 0) is 24.8 Å². The molecular weight excluding hydrogens is 449 g/mol. The summed E-state index contributed by atoms with van der Waals surface area (Å²) < 4.78 is 71.9. The van der Waals surface area contributed by atoms with E-state index >= 15 is 0 Å². The summed E-state index contributed by atoms with van der Waals surface area (Å²) in [7, 11) is -4.91. The van der Waals surface area contributed by atoms with Gasteiger partial charge in [-0.2, -0.15) is 4.31 Å². The van der Waals surface area contributed by atoms with Crippen molar-refractivity contribution in [3.63, 3.8) is 0 Å². The second kappa shape index (κ2) is 9.01. The summed E-state index contributed by atoms with van der Waals surface area (Å²) in [6.45, 7) is 0.822. The average Bonchev–Trinajstić information content (AvgIpc) is 2.74. The van der Waals surface area contributed by atoms with Crippen LogP contribution in [0.25, 0.3) is 0 Å².